The molecule has 7 heteroatoms. The van der Waals surface area contributed by atoms with Gasteiger partial charge in [-0.1, -0.05) is 6.07 Å². The second kappa shape index (κ2) is 7.88. The standard InChI is InChI=1S/C22H25FN4OS/c1-28-18-7-6-15(12-17(18)23)13-26-8-10-27(11-9-26)21-20-16-4-2-3-5-19(16)29-22(20)25-14-24-21/h6-7,12,14H,2-5,8-11,13H2,1H3. The molecule has 1 aliphatic heterocycles. The van der Waals surface area contributed by atoms with Crippen LogP contribution in [0.1, 0.15) is 28.8 Å². The monoisotopic (exact) mass is 412 g/mol. The number of ether oxygens (including phenoxy) is 1. The van der Waals surface area contributed by atoms with Crippen LogP contribution in [0.5, 0.6) is 5.75 Å². The lowest BCUT2D eigenvalue weighted by molar-refractivity contribution is 0.249. The summed E-state index contributed by atoms with van der Waals surface area (Å²) in [4.78, 5) is 16.7. The molecule has 1 fully saturated rings. The summed E-state index contributed by atoms with van der Waals surface area (Å²) < 4.78 is 19.0. The molecule has 0 bridgehead atoms. The highest BCUT2D eigenvalue weighted by atomic mass is 32.1. The Morgan fingerprint density at radius 3 is 2.72 bits per heavy atom. The van der Waals surface area contributed by atoms with E-state index in [0.717, 1.165) is 55.4 Å². The molecule has 0 atom stereocenters. The van der Waals surface area contributed by atoms with Gasteiger partial charge in [-0.3, -0.25) is 4.90 Å². The van der Waals surface area contributed by atoms with Crippen molar-refractivity contribution >= 4 is 27.4 Å². The number of aryl methyl sites for hydroxylation is 2. The minimum Gasteiger partial charge on any atom is -0.494 e. The molecule has 5 rings (SSSR count). The molecule has 0 amide bonds. The molecule has 2 aromatic heterocycles. The largest absolute Gasteiger partial charge is 0.494 e. The van der Waals surface area contributed by atoms with Crippen molar-refractivity contribution in [1.29, 1.82) is 0 Å². The predicted octanol–water partition coefficient (Wildman–Crippen LogP) is 4.04. The number of halogens is 1. The summed E-state index contributed by atoms with van der Waals surface area (Å²) in [5.41, 5.74) is 2.47. The van der Waals surface area contributed by atoms with Gasteiger partial charge in [0.05, 0.1) is 12.5 Å². The maximum atomic E-state index is 14.0. The third-order valence-electron chi connectivity index (χ3n) is 6.03. The Morgan fingerprint density at radius 2 is 1.93 bits per heavy atom. The lowest BCUT2D eigenvalue weighted by Gasteiger charge is -2.35. The Morgan fingerprint density at radius 1 is 1.10 bits per heavy atom. The molecule has 1 aliphatic carbocycles. The zero-order valence-corrected chi connectivity index (χ0v) is 17.5. The van der Waals surface area contributed by atoms with Crippen molar-refractivity contribution in [2.24, 2.45) is 0 Å². The molecular weight excluding hydrogens is 387 g/mol. The van der Waals surface area contributed by atoms with Crippen molar-refractivity contribution in [3.63, 3.8) is 0 Å². The highest BCUT2D eigenvalue weighted by molar-refractivity contribution is 7.19. The Balaban J connectivity index is 1.31. The fourth-order valence-corrected chi connectivity index (χ4v) is 5.72. The number of aromatic nitrogens is 2. The maximum absolute atomic E-state index is 14.0. The van der Waals surface area contributed by atoms with Crippen LogP contribution in [0, 0.1) is 5.82 Å². The Hall–Kier alpha value is -2.25. The summed E-state index contributed by atoms with van der Waals surface area (Å²) in [5.74, 6) is 1.10. The van der Waals surface area contributed by atoms with Gasteiger partial charge >= 0.3 is 0 Å². The van der Waals surface area contributed by atoms with Gasteiger partial charge in [0.25, 0.3) is 0 Å². The first-order chi connectivity index (χ1) is 14.2. The second-order valence-electron chi connectivity index (χ2n) is 7.82. The number of benzene rings is 1. The molecule has 3 heterocycles. The number of anilines is 1. The number of hydrogen-bond donors (Lipinski definition) is 0. The van der Waals surface area contributed by atoms with Crippen molar-refractivity contribution in [2.45, 2.75) is 32.2 Å². The summed E-state index contributed by atoms with van der Waals surface area (Å²) in [6.45, 7) is 4.48. The number of piperazine rings is 1. The summed E-state index contributed by atoms with van der Waals surface area (Å²) in [7, 11) is 1.49. The summed E-state index contributed by atoms with van der Waals surface area (Å²) in [6.07, 6.45) is 6.60. The molecule has 5 nitrogen and oxygen atoms in total. The number of hydrogen-bond acceptors (Lipinski definition) is 6. The maximum Gasteiger partial charge on any atom is 0.165 e. The first kappa shape index (κ1) is 18.8. The molecular formula is C22H25FN4OS. The smallest absolute Gasteiger partial charge is 0.165 e. The van der Waals surface area contributed by atoms with Crippen LogP contribution in [-0.2, 0) is 19.4 Å². The van der Waals surface area contributed by atoms with Gasteiger partial charge in [-0.2, -0.15) is 0 Å². The van der Waals surface area contributed by atoms with Crippen LogP contribution in [0.4, 0.5) is 10.2 Å². The van der Waals surface area contributed by atoms with Crippen LogP contribution in [0.3, 0.4) is 0 Å². The highest BCUT2D eigenvalue weighted by Crippen LogP contribution is 2.39. The van der Waals surface area contributed by atoms with Crippen LogP contribution >= 0.6 is 11.3 Å². The molecule has 0 saturated carbocycles. The van der Waals surface area contributed by atoms with E-state index in [-0.39, 0.29) is 5.82 Å². The Labute approximate surface area is 174 Å². The first-order valence-electron chi connectivity index (χ1n) is 10.3. The SMILES string of the molecule is COc1ccc(CN2CCN(c3ncnc4sc5c(c34)CCCC5)CC2)cc1F. The summed E-state index contributed by atoms with van der Waals surface area (Å²) in [6, 6.07) is 5.23. The lowest BCUT2D eigenvalue weighted by Crippen LogP contribution is -2.46. The predicted molar refractivity (Wildman–Crippen MR) is 114 cm³/mol. The summed E-state index contributed by atoms with van der Waals surface area (Å²) in [5, 5.41) is 1.29. The van der Waals surface area contributed by atoms with Gasteiger partial charge in [-0.05, 0) is 48.9 Å². The van der Waals surface area contributed by atoms with Crippen molar-refractivity contribution < 1.29 is 9.13 Å². The fourth-order valence-electron chi connectivity index (χ4n) is 4.50. The number of nitrogens with zero attached hydrogens (tertiary/aromatic N) is 4. The van der Waals surface area contributed by atoms with Crippen LogP contribution in [-0.4, -0.2) is 48.2 Å². The van der Waals surface area contributed by atoms with Gasteiger partial charge in [0.1, 0.15) is 17.0 Å². The van der Waals surface area contributed by atoms with Gasteiger partial charge in [-0.25, -0.2) is 14.4 Å². The van der Waals surface area contributed by atoms with E-state index in [2.05, 4.69) is 14.8 Å². The van der Waals surface area contributed by atoms with Crippen molar-refractivity contribution in [3.05, 3.63) is 46.3 Å². The van der Waals surface area contributed by atoms with Gasteiger partial charge < -0.3 is 9.64 Å². The van der Waals surface area contributed by atoms with Crippen LogP contribution < -0.4 is 9.64 Å². The molecule has 0 radical (unpaired) electrons. The van der Waals surface area contributed by atoms with Crippen molar-refractivity contribution in [1.82, 2.24) is 14.9 Å². The van der Waals surface area contributed by atoms with E-state index in [1.165, 1.54) is 42.2 Å². The van der Waals surface area contributed by atoms with E-state index < -0.39 is 0 Å². The molecule has 0 N–H and O–H groups in total. The van der Waals surface area contributed by atoms with Crippen molar-refractivity contribution in [2.75, 3.05) is 38.2 Å². The quantitative estimate of drug-likeness (QED) is 0.647. The molecule has 152 valence electrons. The average Bonchev–Trinajstić information content (AvgIpc) is 3.13. The van der Waals surface area contributed by atoms with E-state index >= 15 is 0 Å². The average molecular weight is 413 g/mol. The summed E-state index contributed by atoms with van der Waals surface area (Å²) >= 11 is 1.85. The molecule has 3 aromatic rings. The highest BCUT2D eigenvalue weighted by Gasteiger charge is 2.25. The number of rotatable bonds is 4. The number of fused-ring (bicyclic) bond motifs is 3. The molecule has 2 aliphatic rings. The van der Waals surface area contributed by atoms with Crippen LogP contribution in [0.2, 0.25) is 0 Å². The van der Waals surface area contributed by atoms with E-state index in [0.29, 0.717) is 5.75 Å². The van der Waals surface area contributed by atoms with Gasteiger partial charge in [0, 0.05) is 37.6 Å². The van der Waals surface area contributed by atoms with Gasteiger partial charge in [0.2, 0.25) is 0 Å². The van der Waals surface area contributed by atoms with Crippen LogP contribution in [0.25, 0.3) is 10.2 Å². The van der Waals surface area contributed by atoms with E-state index in [4.69, 9.17) is 9.72 Å². The fraction of sp³-hybridized carbons (Fsp3) is 0.455. The minimum absolute atomic E-state index is 0.297. The molecule has 29 heavy (non-hydrogen) atoms. The van der Waals surface area contributed by atoms with E-state index in [9.17, 15) is 4.39 Å². The topological polar surface area (TPSA) is 41.5 Å². The number of thiophene rings is 1. The normalized spacial score (nSPS) is 17.5. The number of methoxy groups -OCH3 is 1. The van der Waals surface area contributed by atoms with E-state index in [1.54, 1.807) is 18.5 Å². The Bertz CT molecular complexity index is 1030. The molecule has 0 spiro atoms. The molecule has 1 aromatic carbocycles. The Kier molecular flexibility index (Phi) is 5.09. The first-order valence-corrected chi connectivity index (χ1v) is 11.1. The third-order valence-corrected chi connectivity index (χ3v) is 7.23. The van der Waals surface area contributed by atoms with Gasteiger partial charge in [-0.15, -0.1) is 11.3 Å². The zero-order valence-electron chi connectivity index (χ0n) is 16.7. The molecule has 0 unspecified atom stereocenters. The zero-order chi connectivity index (χ0) is 19.8. The minimum atomic E-state index is -0.297. The second-order valence-corrected chi connectivity index (χ2v) is 8.90. The van der Waals surface area contributed by atoms with Crippen LogP contribution in [0.15, 0.2) is 24.5 Å². The lowest BCUT2D eigenvalue weighted by atomic mass is 9.97. The third kappa shape index (κ3) is 3.57. The van der Waals surface area contributed by atoms with Crippen molar-refractivity contribution in [3.8, 4) is 5.75 Å². The molecule has 1 saturated heterocycles. The van der Waals surface area contributed by atoms with Gasteiger partial charge in [0.15, 0.2) is 11.6 Å². The van der Waals surface area contributed by atoms with E-state index in [1.807, 2.05) is 17.4 Å².